The topological polar surface area (TPSA) is 62.5 Å². The van der Waals surface area contributed by atoms with Crippen LogP contribution in [0.1, 0.15) is 5.69 Å². The molecular formula is C16H16FN5OS. The number of benzene rings is 1. The standard InChI is InChI=1S/C16H16FN5OS/c17-13-4-2-1-3-12(13)15-20-22-14(23)9-11(19-16(22)24-15)10-21-7-5-18-6-8-21/h1-4,9,18H,5-8,10H2. The summed E-state index contributed by atoms with van der Waals surface area (Å²) in [4.78, 5) is 19.6. The van der Waals surface area contributed by atoms with Gasteiger partial charge in [-0.2, -0.15) is 9.61 Å². The van der Waals surface area contributed by atoms with Gasteiger partial charge in [-0.3, -0.25) is 9.69 Å². The number of piperazine rings is 1. The third-order valence-corrected chi connectivity index (χ3v) is 4.94. The second-order valence-corrected chi connectivity index (χ2v) is 6.65. The van der Waals surface area contributed by atoms with Gasteiger partial charge in [0.2, 0.25) is 4.96 Å². The summed E-state index contributed by atoms with van der Waals surface area (Å²) < 4.78 is 15.2. The van der Waals surface area contributed by atoms with Gasteiger partial charge < -0.3 is 5.32 Å². The molecule has 4 rings (SSSR count). The Bertz CT molecular complexity index is 932. The van der Waals surface area contributed by atoms with Crippen molar-refractivity contribution in [1.82, 2.24) is 24.8 Å². The van der Waals surface area contributed by atoms with E-state index in [1.165, 1.54) is 28.0 Å². The van der Waals surface area contributed by atoms with E-state index in [9.17, 15) is 9.18 Å². The smallest absolute Gasteiger partial charge is 0.275 e. The Morgan fingerprint density at radius 3 is 2.83 bits per heavy atom. The van der Waals surface area contributed by atoms with Crippen molar-refractivity contribution < 1.29 is 4.39 Å². The summed E-state index contributed by atoms with van der Waals surface area (Å²) >= 11 is 1.22. The zero-order valence-corrected chi connectivity index (χ0v) is 13.7. The minimum absolute atomic E-state index is 0.232. The molecule has 0 aliphatic carbocycles. The third kappa shape index (κ3) is 2.95. The molecule has 0 radical (unpaired) electrons. The number of nitrogens with one attached hydrogen (secondary N) is 1. The van der Waals surface area contributed by atoms with Crippen LogP contribution in [0, 0.1) is 5.82 Å². The quantitative estimate of drug-likeness (QED) is 0.777. The molecule has 8 heteroatoms. The molecule has 0 unspecified atom stereocenters. The minimum atomic E-state index is -0.356. The van der Waals surface area contributed by atoms with Crippen molar-refractivity contribution in [3.8, 4) is 10.6 Å². The molecule has 0 amide bonds. The van der Waals surface area contributed by atoms with Crippen molar-refractivity contribution in [2.45, 2.75) is 6.54 Å². The van der Waals surface area contributed by atoms with Crippen LogP contribution in [0.25, 0.3) is 15.5 Å². The molecule has 1 aliphatic heterocycles. The Kier molecular flexibility index (Phi) is 4.09. The summed E-state index contributed by atoms with van der Waals surface area (Å²) in [5.41, 5.74) is 0.880. The second kappa shape index (κ2) is 6.39. The normalized spacial score (nSPS) is 15.9. The predicted molar refractivity (Wildman–Crippen MR) is 90.7 cm³/mol. The van der Waals surface area contributed by atoms with Gasteiger partial charge in [0.1, 0.15) is 5.82 Å². The monoisotopic (exact) mass is 345 g/mol. The number of halogens is 1. The molecule has 0 atom stereocenters. The van der Waals surface area contributed by atoms with Crippen LogP contribution in [-0.4, -0.2) is 45.7 Å². The van der Waals surface area contributed by atoms with Gasteiger partial charge in [0, 0.05) is 44.4 Å². The Morgan fingerprint density at radius 2 is 2.04 bits per heavy atom. The molecule has 1 fully saturated rings. The molecule has 3 heterocycles. The van der Waals surface area contributed by atoms with E-state index in [-0.39, 0.29) is 11.4 Å². The second-order valence-electron chi connectivity index (χ2n) is 5.69. The summed E-state index contributed by atoms with van der Waals surface area (Å²) in [6.45, 7) is 4.40. The third-order valence-electron chi connectivity index (χ3n) is 4.00. The summed E-state index contributed by atoms with van der Waals surface area (Å²) in [5.74, 6) is -0.356. The molecule has 0 saturated carbocycles. The van der Waals surface area contributed by atoms with Crippen LogP contribution >= 0.6 is 11.3 Å². The first-order chi connectivity index (χ1) is 11.7. The zero-order valence-electron chi connectivity index (χ0n) is 12.9. The van der Waals surface area contributed by atoms with Crippen molar-refractivity contribution in [2.75, 3.05) is 26.2 Å². The van der Waals surface area contributed by atoms with Gasteiger partial charge in [-0.25, -0.2) is 9.37 Å². The first-order valence-corrected chi connectivity index (χ1v) is 8.60. The lowest BCUT2D eigenvalue weighted by atomic mass is 10.2. The predicted octanol–water partition coefficient (Wildman–Crippen LogP) is 1.36. The fourth-order valence-electron chi connectivity index (χ4n) is 2.78. The van der Waals surface area contributed by atoms with Crippen LogP contribution in [0.5, 0.6) is 0 Å². The lowest BCUT2D eigenvalue weighted by molar-refractivity contribution is 0.231. The molecule has 6 nitrogen and oxygen atoms in total. The average Bonchev–Trinajstić information content (AvgIpc) is 3.00. The average molecular weight is 345 g/mol. The van der Waals surface area contributed by atoms with Crippen molar-refractivity contribution in [2.24, 2.45) is 0 Å². The number of nitrogens with zero attached hydrogens (tertiary/aromatic N) is 4. The van der Waals surface area contributed by atoms with Crippen molar-refractivity contribution >= 4 is 16.3 Å². The van der Waals surface area contributed by atoms with Gasteiger partial charge in [0.15, 0.2) is 5.01 Å². The highest BCUT2D eigenvalue weighted by Gasteiger charge is 2.15. The molecule has 0 bridgehead atoms. The SMILES string of the molecule is O=c1cc(CN2CCNCC2)nc2sc(-c3ccccc3F)nn12. The number of rotatable bonds is 3. The first-order valence-electron chi connectivity index (χ1n) is 7.78. The number of aromatic nitrogens is 3. The highest BCUT2D eigenvalue weighted by Crippen LogP contribution is 2.26. The largest absolute Gasteiger partial charge is 0.314 e. The lowest BCUT2D eigenvalue weighted by Crippen LogP contribution is -2.43. The molecule has 24 heavy (non-hydrogen) atoms. The fourth-order valence-corrected chi connectivity index (χ4v) is 3.73. The number of hydrogen-bond donors (Lipinski definition) is 1. The lowest BCUT2D eigenvalue weighted by Gasteiger charge is -2.26. The van der Waals surface area contributed by atoms with E-state index in [0.29, 0.717) is 22.1 Å². The number of hydrogen-bond acceptors (Lipinski definition) is 6. The molecule has 124 valence electrons. The Hall–Kier alpha value is -2.16. The van der Waals surface area contributed by atoms with E-state index in [0.717, 1.165) is 31.9 Å². The van der Waals surface area contributed by atoms with Crippen LogP contribution in [0.4, 0.5) is 4.39 Å². The van der Waals surface area contributed by atoms with Gasteiger partial charge in [-0.15, -0.1) is 0 Å². The summed E-state index contributed by atoms with van der Waals surface area (Å²) in [7, 11) is 0. The van der Waals surface area contributed by atoms with Crippen molar-refractivity contribution in [1.29, 1.82) is 0 Å². The van der Waals surface area contributed by atoms with E-state index in [1.807, 2.05) is 0 Å². The highest BCUT2D eigenvalue weighted by molar-refractivity contribution is 7.19. The first kappa shape index (κ1) is 15.4. The Balaban J connectivity index is 1.70. The minimum Gasteiger partial charge on any atom is -0.314 e. The molecule has 1 saturated heterocycles. The van der Waals surface area contributed by atoms with Gasteiger partial charge >= 0.3 is 0 Å². The van der Waals surface area contributed by atoms with Crippen LogP contribution in [0.2, 0.25) is 0 Å². The maximum atomic E-state index is 13.9. The van der Waals surface area contributed by atoms with E-state index in [4.69, 9.17) is 0 Å². The van der Waals surface area contributed by atoms with E-state index in [1.54, 1.807) is 18.2 Å². The van der Waals surface area contributed by atoms with Crippen LogP contribution in [0.3, 0.4) is 0 Å². The molecule has 1 aliphatic rings. The van der Waals surface area contributed by atoms with Gasteiger partial charge in [0.05, 0.1) is 5.69 Å². The van der Waals surface area contributed by atoms with Crippen molar-refractivity contribution in [3.05, 3.63) is 52.2 Å². The van der Waals surface area contributed by atoms with Crippen LogP contribution in [-0.2, 0) is 6.54 Å². The van der Waals surface area contributed by atoms with Crippen molar-refractivity contribution in [3.63, 3.8) is 0 Å². The summed E-state index contributed by atoms with van der Waals surface area (Å²) in [5, 5.41) is 7.98. The zero-order chi connectivity index (χ0) is 16.5. The summed E-state index contributed by atoms with van der Waals surface area (Å²) in [6, 6.07) is 7.92. The highest BCUT2D eigenvalue weighted by atomic mass is 32.1. The fraction of sp³-hybridized carbons (Fsp3) is 0.312. The molecule has 0 spiro atoms. The molecule has 1 N–H and O–H groups in total. The molecule has 3 aromatic rings. The molecule has 2 aromatic heterocycles. The number of fused-ring (bicyclic) bond motifs is 1. The Labute approximate surface area is 141 Å². The van der Waals surface area contributed by atoms with Gasteiger partial charge in [-0.05, 0) is 12.1 Å². The summed E-state index contributed by atoms with van der Waals surface area (Å²) in [6.07, 6.45) is 0. The van der Waals surface area contributed by atoms with E-state index in [2.05, 4.69) is 20.3 Å². The van der Waals surface area contributed by atoms with E-state index >= 15 is 0 Å². The maximum Gasteiger partial charge on any atom is 0.275 e. The van der Waals surface area contributed by atoms with Crippen LogP contribution in [0.15, 0.2) is 35.1 Å². The van der Waals surface area contributed by atoms with E-state index < -0.39 is 0 Å². The Morgan fingerprint density at radius 1 is 1.25 bits per heavy atom. The van der Waals surface area contributed by atoms with Gasteiger partial charge in [0.25, 0.3) is 5.56 Å². The van der Waals surface area contributed by atoms with Gasteiger partial charge in [-0.1, -0.05) is 23.5 Å². The molecular weight excluding hydrogens is 329 g/mol. The van der Waals surface area contributed by atoms with Crippen LogP contribution < -0.4 is 10.9 Å². The molecule has 1 aromatic carbocycles. The maximum absolute atomic E-state index is 13.9.